The summed E-state index contributed by atoms with van der Waals surface area (Å²) in [6.07, 6.45) is 1.39. The van der Waals surface area contributed by atoms with Gasteiger partial charge in [0.05, 0.1) is 11.3 Å². The zero-order valence-electron chi connectivity index (χ0n) is 14.8. The first-order chi connectivity index (χ1) is 11.8. The van der Waals surface area contributed by atoms with E-state index < -0.39 is 8.07 Å². The van der Waals surface area contributed by atoms with Crippen molar-refractivity contribution in [2.75, 3.05) is 5.75 Å². The molecule has 0 spiro atoms. The van der Waals surface area contributed by atoms with Gasteiger partial charge in [-0.2, -0.15) is 4.98 Å². The third kappa shape index (κ3) is 6.17. The van der Waals surface area contributed by atoms with Gasteiger partial charge in [-0.05, 0) is 6.42 Å². The lowest BCUT2D eigenvalue weighted by atomic mass is 10.2. The number of hydrogen-bond acceptors (Lipinski definition) is 5. The molecule has 0 unspecified atom stereocenters. The number of aromatic hydroxyl groups is 1. The van der Waals surface area contributed by atoms with Crippen LogP contribution in [0.25, 0.3) is 0 Å². The topological polar surface area (TPSA) is 83.1 Å². The Morgan fingerprint density at radius 2 is 1.92 bits per heavy atom. The summed E-state index contributed by atoms with van der Waals surface area (Å²) < 4.78 is 0. The number of Topliss-reactive ketones (excluding diaryl/α,β-unsaturated/α-hetero) is 1. The molecule has 1 heterocycles. The normalized spacial score (nSPS) is 11.5. The molecule has 0 saturated heterocycles. The monoisotopic (exact) mass is 376 g/mol. The molecule has 25 heavy (non-hydrogen) atoms. The number of benzene rings is 1. The maximum absolute atomic E-state index is 12.2. The van der Waals surface area contributed by atoms with Crippen LogP contribution in [0.3, 0.4) is 0 Å². The predicted octanol–water partition coefficient (Wildman–Crippen LogP) is 3.72. The maximum atomic E-state index is 12.2. The van der Waals surface area contributed by atoms with Gasteiger partial charge in [0.2, 0.25) is 5.88 Å². The largest absolute Gasteiger partial charge is 0.493 e. The number of nitrogens with zero attached hydrogens (tertiary/aromatic N) is 1. The van der Waals surface area contributed by atoms with E-state index in [1.165, 1.54) is 0 Å². The Hall–Kier alpha value is -1.86. The van der Waals surface area contributed by atoms with E-state index in [2.05, 4.69) is 29.6 Å². The number of nitrogens with one attached hydrogen (secondary N) is 1. The van der Waals surface area contributed by atoms with E-state index in [1.54, 1.807) is 24.3 Å². The molecule has 0 saturated carbocycles. The summed E-state index contributed by atoms with van der Waals surface area (Å²) in [7, 11) is -1.17. The minimum atomic E-state index is -1.17. The Bertz CT molecular complexity index is 785. The molecule has 2 N–H and O–H groups in total. The van der Waals surface area contributed by atoms with E-state index in [0.717, 1.165) is 24.2 Å². The Morgan fingerprint density at radius 1 is 1.24 bits per heavy atom. The number of H-pyrrole nitrogens is 1. The van der Waals surface area contributed by atoms with Crippen LogP contribution in [-0.4, -0.2) is 34.7 Å². The zero-order valence-corrected chi connectivity index (χ0v) is 16.7. The molecule has 7 heteroatoms. The number of aromatic amines is 1. The van der Waals surface area contributed by atoms with Gasteiger partial charge in [-0.25, -0.2) is 0 Å². The lowest BCUT2D eigenvalue weighted by Crippen LogP contribution is -2.20. The fourth-order valence-corrected chi connectivity index (χ4v) is 4.38. The van der Waals surface area contributed by atoms with Crippen LogP contribution in [0, 0.1) is 0 Å². The van der Waals surface area contributed by atoms with Crippen molar-refractivity contribution in [3.63, 3.8) is 0 Å². The molecule has 0 aliphatic heterocycles. The first-order valence-electron chi connectivity index (χ1n) is 8.29. The highest BCUT2D eigenvalue weighted by Gasteiger charge is 2.16. The van der Waals surface area contributed by atoms with Crippen molar-refractivity contribution in [3.05, 3.63) is 51.8 Å². The fraction of sp³-hybridized carbons (Fsp3) is 0.389. The van der Waals surface area contributed by atoms with Gasteiger partial charge in [0.15, 0.2) is 10.9 Å². The molecule has 1 aromatic heterocycles. The molecular weight excluding hydrogens is 352 g/mol. The third-order valence-electron chi connectivity index (χ3n) is 3.76. The van der Waals surface area contributed by atoms with Gasteiger partial charge in [0.25, 0.3) is 5.56 Å². The second-order valence-electron chi connectivity index (χ2n) is 7.17. The molecule has 0 bridgehead atoms. The summed E-state index contributed by atoms with van der Waals surface area (Å²) in [5.74, 6) is -0.123. The van der Waals surface area contributed by atoms with Gasteiger partial charge >= 0.3 is 0 Å². The van der Waals surface area contributed by atoms with Gasteiger partial charge in [-0.3, -0.25) is 9.59 Å². The molecule has 0 aliphatic carbocycles. The smallest absolute Gasteiger partial charge is 0.258 e. The van der Waals surface area contributed by atoms with Crippen molar-refractivity contribution < 1.29 is 9.90 Å². The average molecular weight is 377 g/mol. The molecule has 2 rings (SSSR count). The number of carbonyl (C=O) groups excluding carboxylic acids is 1. The van der Waals surface area contributed by atoms with Gasteiger partial charge < -0.3 is 10.1 Å². The van der Waals surface area contributed by atoms with Crippen molar-refractivity contribution in [2.24, 2.45) is 0 Å². The third-order valence-corrected chi connectivity index (χ3v) is 6.49. The van der Waals surface area contributed by atoms with E-state index in [9.17, 15) is 14.7 Å². The molecule has 1 aromatic carbocycles. The summed E-state index contributed by atoms with van der Waals surface area (Å²) in [5.41, 5.74) is 0.624. The summed E-state index contributed by atoms with van der Waals surface area (Å²) in [4.78, 5) is 31.0. The minimum Gasteiger partial charge on any atom is -0.493 e. The molecule has 0 radical (unpaired) electrons. The Balaban J connectivity index is 1.99. The molecule has 0 atom stereocenters. The van der Waals surface area contributed by atoms with Crippen LogP contribution in [-0.2, 0) is 6.42 Å². The zero-order chi connectivity index (χ0) is 18.4. The molecule has 134 valence electrons. The molecule has 0 aliphatic rings. The van der Waals surface area contributed by atoms with E-state index in [-0.39, 0.29) is 28.1 Å². The van der Waals surface area contributed by atoms with E-state index >= 15 is 0 Å². The van der Waals surface area contributed by atoms with Crippen molar-refractivity contribution in [2.45, 2.75) is 43.7 Å². The van der Waals surface area contributed by atoms with Gasteiger partial charge in [0, 0.05) is 13.6 Å². The molecular formula is C18H24N2O3SSi. The maximum Gasteiger partial charge on any atom is 0.258 e. The van der Waals surface area contributed by atoms with E-state index in [0.29, 0.717) is 17.5 Å². The standard InChI is InChI=1S/C18H24N2O3SSi/c1-25(2,3)11-7-10-14-16(22)19-18(20-17(14)23)24-12-15(21)13-8-5-4-6-9-13/h4-6,8-9H,7,10-12H2,1-3H3,(H2,19,20,22,23). The number of hydrogen-bond donors (Lipinski definition) is 2. The summed E-state index contributed by atoms with van der Waals surface area (Å²) in [5, 5.41) is 10.3. The second-order valence-corrected chi connectivity index (χ2v) is 13.8. The van der Waals surface area contributed by atoms with Crippen molar-refractivity contribution >= 4 is 25.6 Å². The molecule has 0 fully saturated rings. The van der Waals surface area contributed by atoms with Crippen LogP contribution in [0.1, 0.15) is 22.3 Å². The Morgan fingerprint density at radius 3 is 2.52 bits per heavy atom. The highest BCUT2D eigenvalue weighted by atomic mass is 32.2. The SMILES string of the molecule is C[Si](C)(C)CCCc1c(O)nc(SCC(=O)c2ccccc2)[nH]c1=O. The highest BCUT2D eigenvalue weighted by Crippen LogP contribution is 2.20. The molecule has 5 nitrogen and oxygen atoms in total. The van der Waals surface area contributed by atoms with Crippen LogP contribution in [0.15, 0.2) is 40.3 Å². The number of rotatable bonds is 8. The molecule has 0 amide bonds. The Kier molecular flexibility index (Phi) is 6.61. The lowest BCUT2D eigenvalue weighted by Gasteiger charge is -2.15. The van der Waals surface area contributed by atoms with Crippen LogP contribution < -0.4 is 5.56 Å². The van der Waals surface area contributed by atoms with Crippen molar-refractivity contribution in [3.8, 4) is 5.88 Å². The summed E-state index contributed by atoms with van der Waals surface area (Å²) >= 11 is 1.12. The van der Waals surface area contributed by atoms with Crippen LogP contribution >= 0.6 is 11.8 Å². The van der Waals surface area contributed by atoms with Gasteiger partial charge in [-0.1, -0.05) is 74.2 Å². The first-order valence-corrected chi connectivity index (χ1v) is 13.0. The van der Waals surface area contributed by atoms with Crippen LogP contribution in [0.4, 0.5) is 0 Å². The van der Waals surface area contributed by atoms with E-state index in [4.69, 9.17) is 0 Å². The highest BCUT2D eigenvalue weighted by molar-refractivity contribution is 7.99. The molecule has 2 aromatic rings. The first kappa shape index (κ1) is 19.5. The van der Waals surface area contributed by atoms with Crippen molar-refractivity contribution in [1.29, 1.82) is 0 Å². The van der Waals surface area contributed by atoms with Gasteiger partial charge in [-0.15, -0.1) is 0 Å². The number of aromatic nitrogens is 2. The van der Waals surface area contributed by atoms with Crippen molar-refractivity contribution in [1.82, 2.24) is 9.97 Å². The number of carbonyl (C=O) groups is 1. The quantitative estimate of drug-likeness (QED) is 0.317. The average Bonchev–Trinajstić information content (AvgIpc) is 2.55. The lowest BCUT2D eigenvalue weighted by molar-refractivity contribution is 0.102. The summed E-state index contributed by atoms with van der Waals surface area (Å²) in [6.45, 7) is 6.83. The van der Waals surface area contributed by atoms with E-state index in [1.807, 2.05) is 6.07 Å². The number of thioether (sulfide) groups is 1. The fourth-order valence-electron chi connectivity index (χ4n) is 2.40. The number of ketones is 1. The van der Waals surface area contributed by atoms with Crippen LogP contribution in [0.2, 0.25) is 25.7 Å². The van der Waals surface area contributed by atoms with Crippen LogP contribution in [0.5, 0.6) is 5.88 Å². The second kappa shape index (κ2) is 8.49. The summed E-state index contributed by atoms with van der Waals surface area (Å²) in [6, 6.07) is 10.0. The Labute approximate surface area is 152 Å². The predicted molar refractivity (Wildman–Crippen MR) is 104 cm³/mol. The van der Waals surface area contributed by atoms with Gasteiger partial charge in [0.1, 0.15) is 0 Å². The minimum absolute atomic E-state index is 0.0491.